The molecule has 0 radical (unpaired) electrons. The molecule has 3 heteroatoms. The molecule has 0 bridgehead atoms. The average Bonchev–Trinajstić information content (AvgIpc) is 2.91. The zero-order valence-corrected chi connectivity index (χ0v) is 13.0. The van der Waals surface area contributed by atoms with Gasteiger partial charge in [0.1, 0.15) is 5.75 Å². The van der Waals surface area contributed by atoms with Crippen LogP contribution in [0.15, 0.2) is 24.3 Å². The number of nitrogens with zero attached hydrogens (tertiary/aromatic N) is 1. The van der Waals surface area contributed by atoms with Gasteiger partial charge < -0.3 is 15.4 Å². The minimum absolute atomic E-state index is 0.457. The number of likely N-dealkylation sites (tertiary alicyclic amines) is 1. The van der Waals surface area contributed by atoms with Crippen LogP contribution in [0.3, 0.4) is 0 Å². The maximum atomic E-state index is 6.00. The Morgan fingerprint density at radius 3 is 2.70 bits per heavy atom. The lowest BCUT2D eigenvalue weighted by Gasteiger charge is -2.25. The molecule has 0 aromatic heterocycles. The summed E-state index contributed by atoms with van der Waals surface area (Å²) >= 11 is 0. The number of hydrogen-bond acceptors (Lipinski definition) is 3. The molecule has 1 fully saturated rings. The van der Waals surface area contributed by atoms with Crippen molar-refractivity contribution in [3.8, 4) is 5.75 Å². The molecule has 1 aromatic rings. The summed E-state index contributed by atoms with van der Waals surface area (Å²) in [6.07, 6.45) is 1.25. The molecule has 0 aliphatic carbocycles. The Hall–Kier alpha value is -1.06. The van der Waals surface area contributed by atoms with Gasteiger partial charge in [0.25, 0.3) is 0 Å². The zero-order valence-electron chi connectivity index (χ0n) is 13.0. The summed E-state index contributed by atoms with van der Waals surface area (Å²) in [6, 6.07) is 8.83. The molecule has 0 amide bonds. The Kier molecular flexibility index (Phi) is 5.44. The highest BCUT2D eigenvalue weighted by Gasteiger charge is 2.30. The van der Waals surface area contributed by atoms with Crippen LogP contribution in [0.5, 0.6) is 5.75 Å². The van der Waals surface area contributed by atoms with E-state index in [0.717, 1.165) is 18.9 Å². The number of benzene rings is 1. The first-order valence-electron chi connectivity index (χ1n) is 7.74. The third-order valence-electron chi connectivity index (χ3n) is 4.50. The van der Waals surface area contributed by atoms with Crippen LogP contribution >= 0.6 is 0 Å². The van der Waals surface area contributed by atoms with Gasteiger partial charge in [-0.25, -0.2) is 0 Å². The van der Waals surface area contributed by atoms with Crippen molar-refractivity contribution >= 4 is 0 Å². The fourth-order valence-electron chi connectivity index (χ4n) is 2.98. The third-order valence-corrected chi connectivity index (χ3v) is 4.50. The molecule has 3 nitrogen and oxygen atoms in total. The van der Waals surface area contributed by atoms with Crippen molar-refractivity contribution in [2.24, 2.45) is 17.6 Å². The summed E-state index contributed by atoms with van der Waals surface area (Å²) in [6.45, 7) is 10.4. The predicted octanol–water partition coefficient (Wildman–Crippen LogP) is 2.68. The average molecular weight is 276 g/mol. The van der Waals surface area contributed by atoms with E-state index in [1.165, 1.54) is 18.5 Å². The summed E-state index contributed by atoms with van der Waals surface area (Å²) in [5.41, 5.74) is 7.17. The first-order valence-corrected chi connectivity index (χ1v) is 7.74. The number of hydrogen-bond donors (Lipinski definition) is 1. The normalized spacial score (nSPS) is 21.4. The molecule has 1 heterocycles. The standard InChI is InChI=1S/C17H28N2O/c1-13(2)19-9-8-15(11-19)16(10-18)12-20-17-7-5-4-6-14(17)3/h4-7,13,15-16H,8-12,18H2,1-3H3. The second kappa shape index (κ2) is 7.09. The van der Waals surface area contributed by atoms with E-state index in [1.807, 2.05) is 18.2 Å². The molecule has 0 spiro atoms. The van der Waals surface area contributed by atoms with Crippen LogP contribution in [-0.2, 0) is 0 Å². The zero-order chi connectivity index (χ0) is 14.5. The highest BCUT2D eigenvalue weighted by Crippen LogP contribution is 2.26. The molecule has 1 saturated heterocycles. The first kappa shape index (κ1) is 15.3. The Morgan fingerprint density at radius 2 is 2.10 bits per heavy atom. The maximum absolute atomic E-state index is 6.00. The quantitative estimate of drug-likeness (QED) is 0.868. The van der Waals surface area contributed by atoms with Gasteiger partial charge in [0.05, 0.1) is 6.61 Å². The number of rotatable bonds is 6. The Labute approximate surface area is 123 Å². The van der Waals surface area contributed by atoms with Crippen molar-refractivity contribution in [1.29, 1.82) is 0 Å². The molecular weight excluding hydrogens is 248 g/mol. The minimum Gasteiger partial charge on any atom is -0.493 e. The molecule has 1 aliphatic rings. The highest BCUT2D eigenvalue weighted by molar-refractivity contribution is 5.31. The molecule has 1 aliphatic heterocycles. The smallest absolute Gasteiger partial charge is 0.122 e. The molecule has 2 N–H and O–H groups in total. The van der Waals surface area contributed by atoms with Crippen LogP contribution in [0.25, 0.3) is 0 Å². The summed E-state index contributed by atoms with van der Waals surface area (Å²) in [5.74, 6) is 2.12. The molecule has 112 valence electrons. The lowest BCUT2D eigenvalue weighted by Crippen LogP contribution is -2.33. The van der Waals surface area contributed by atoms with E-state index in [1.54, 1.807) is 0 Å². The second-order valence-electron chi connectivity index (χ2n) is 6.21. The Balaban J connectivity index is 1.89. The maximum Gasteiger partial charge on any atom is 0.122 e. The van der Waals surface area contributed by atoms with E-state index in [4.69, 9.17) is 10.5 Å². The van der Waals surface area contributed by atoms with Gasteiger partial charge in [-0.2, -0.15) is 0 Å². The van der Waals surface area contributed by atoms with E-state index in [2.05, 4.69) is 31.7 Å². The van der Waals surface area contributed by atoms with Gasteiger partial charge >= 0.3 is 0 Å². The van der Waals surface area contributed by atoms with E-state index >= 15 is 0 Å². The molecular formula is C17H28N2O. The van der Waals surface area contributed by atoms with Crippen molar-refractivity contribution in [3.05, 3.63) is 29.8 Å². The van der Waals surface area contributed by atoms with Crippen molar-refractivity contribution in [2.75, 3.05) is 26.2 Å². The molecule has 20 heavy (non-hydrogen) atoms. The van der Waals surface area contributed by atoms with Gasteiger partial charge in [-0.3, -0.25) is 0 Å². The lowest BCUT2D eigenvalue weighted by molar-refractivity contribution is 0.187. The Morgan fingerprint density at radius 1 is 1.35 bits per heavy atom. The van der Waals surface area contributed by atoms with Crippen LogP contribution < -0.4 is 10.5 Å². The van der Waals surface area contributed by atoms with E-state index in [9.17, 15) is 0 Å². The third kappa shape index (κ3) is 3.74. The fourth-order valence-corrected chi connectivity index (χ4v) is 2.98. The van der Waals surface area contributed by atoms with Crippen LogP contribution in [0.1, 0.15) is 25.8 Å². The summed E-state index contributed by atoms with van der Waals surface area (Å²) in [4.78, 5) is 2.54. The topological polar surface area (TPSA) is 38.5 Å². The van der Waals surface area contributed by atoms with E-state index in [0.29, 0.717) is 24.4 Å². The number of aryl methyl sites for hydroxylation is 1. The number of ether oxygens (including phenoxy) is 1. The summed E-state index contributed by atoms with van der Waals surface area (Å²) < 4.78 is 6.00. The number of para-hydroxylation sites is 1. The molecule has 2 unspecified atom stereocenters. The molecule has 2 rings (SSSR count). The van der Waals surface area contributed by atoms with Crippen molar-refractivity contribution < 1.29 is 4.74 Å². The Bertz CT molecular complexity index is 419. The summed E-state index contributed by atoms with van der Waals surface area (Å²) in [7, 11) is 0. The molecule has 2 atom stereocenters. The lowest BCUT2D eigenvalue weighted by atomic mass is 9.92. The highest BCUT2D eigenvalue weighted by atomic mass is 16.5. The SMILES string of the molecule is Cc1ccccc1OCC(CN)C1CCN(C(C)C)C1. The van der Waals surface area contributed by atoms with E-state index < -0.39 is 0 Å². The van der Waals surface area contributed by atoms with Gasteiger partial charge in [-0.15, -0.1) is 0 Å². The fraction of sp³-hybridized carbons (Fsp3) is 0.647. The molecule has 0 saturated carbocycles. The van der Waals surface area contributed by atoms with Gasteiger partial charge in [-0.1, -0.05) is 18.2 Å². The van der Waals surface area contributed by atoms with Crippen LogP contribution in [0, 0.1) is 18.8 Å². The first-order chi connectivity index (χ1) is 9.61. The largest absolute Gasteiger partial charge is 0.493 e. The van der Waals surface area contributed by atoms with Crippen LogP contribution in [0.4, 0.5) is 0 Å². The van der Waals surface area contributed by atoms with Crippen LogP contribution in [-0.4, -0.2) is 37.2 Å². The van der Waals surface area contributed by atoms with Crippen molar-refractivity contribution in [2.45, 2.75) is 33.2 Å². The van der Waals surface area contributed by atoms with E-state index in [-0.39, 0.29) is 0 Å². The van der Waals surface area contributed by atoms with Crippen molar-refractivity contribution in [1.82, 2.24) is 4.90 Å². The predicted molar refractivity (Wildman–Crippen MR) is 84.0 cm³/mol. The monoisotopic (exact) mass is 276 g/mol. The van der Waals surface area contributed by atoms with Gasteiger partial charge in [0, 0.05) is 18.5 Å². The van der Waals surface area contributed by atoms with Crippen molar-refractivity contribution in [3.63, 3.8) is 0 Å². The minimum atomic E-state index is 0.457. The van der Waals surface area contributed by atoms with Crippen LogP contribution in [0.2, 0.25) is 0 Å². The van der Waals surface area contributed by atoms with Gasteiger partial charge in [0.15, 0.2) is 0 Å². The van der Waals surface area contributed by atoms with Gasteiger partial charge in [-0.05, 0) is 57.8 Å². The molecule has 1 aromatic carbocycles. The summed E-state index contributed by atoms with van der Waals surface area (Å²) in [5, 5.41) is 0. The number of nitrogens with two attached hydrogens (primary N) is 1. The second-order valence-corrected chi connectivity index (χ2v) is 6.21. The van der Waals surface area contributed by atoms with Gasteiger partial charge in [0.2, 0.25) is 0 Å².